The number of rotatable bonds is 6. The maximum absolute atomic E-state index is 12.6. The molecular formula is C17H16F3N3O5. The van der Waals surface area contributed by atoms with Gasteiger partial charge in [-0.15, -0.1) is 0 Å². The maximum Gasteiger partial charge on any atom is 0.416 e. The number of ether oxygens (including phenoxy) is 1. The minimum atomic E-state index is -4.54. The van der Waals surface area contributed by atoms with Gasteiger partial charge >= 0.3 is 6.18 Å². The van der Waals surface area contributed by atoms with E-state index in [1.807, 2.05) is 5.43 Å². The van der Waals surface area contributed by atoms with Crippen LogP contribution in [0, 0.1) is 0 Å². The molecule has 0 fully saturated rings. The van der Waals surface area contributed by atoms with E-state index in [0.29, 0.717) is 0 Å². The molecular weight excluding hydrogens is 383 g/mol. The second-order valence-electron chi connectivity index (χ2n) is 5.52. The van der Waals surface area contributed by atoms with Gasteiger partial charge in [0.15, 0.2) is 12.4 Å². The standard InChI is InChI=1S/C17H16F3N3O5/c1-10(21-16(26)13-6-3-7-27-13)15(25)23-22-14(24)9-28-12-5-2-4-11(8-12)17(18,19)20/h2-8,10H,9H2,1H3,(H,21,26)(H,22,24)(H,23,25)/t10-/m1/s1. The van der Waals surface area contributed by atoms with E-state index in [-0.39, 0.29) is 11.5 Å². The molecule has 1 heterocycles. The third-order valence-corrected chi connectivity index (χ3v) is 3.34. The zero-order valence-electron chi connectivity index (χ0n) is 14.5. The van der Waals surface area contributed by atoms with Crippen molar-refractivity contribution in [2.45, 2.75) is 19.1 Å². The van der Waals surface area contributed by atoms with E-state index in [0.717, 1.165) is 18.2 Å². The summed E-state index contributed by atoms with van der Waals surface area (Å²) < 4.78 is 47.7. The Morgan fingerprint density at radius 1 is 1.14 bits per heavy atom. The fourth-order valence-electron chi connectivity index (χ4n) is 1.93. The summed E-state index contributed by atoms with van der Waals surface area (Å²) in [7, 11) is 0. The molecule has 3 amide bonds. The van der Waals surface area contributed by atoms with Crippen molar-refractivity contribution in [1.29, 1.82) is 0 Å². The largest absolute Gasteiger partial charge is 0.484 e. The van der Waals surface area contributed by atoms with E-state index in [1.165, 1.54) is 31.4 Å². The third kappa shape index (κ3) is 6.04. The minimum absolute atomic E-state index is 0.0122. The Hall–Kier alpha value is -3.50. The van der Waals surface area contributed by atoms with Crippen molar-refractivity contribution in [3.05, 3.63) is 54.0 Å². The van der Waals surface area contributed by atoms with E-state index in [1.54, 1.807) is 0 Å². The van der Waals surface area contributed by atoms with Crippen LogP contribution in [0.15, 0.2) is 47.1 Å². The van der Waals surface area contributed by atoms with Gasteiger partial charge in [0, 0.05) is 0 Å². The normalized spacial score (nSPS) is 12.0. The molecule has 0 radical (unpaired) electrons. The zero-order chi connectivity index (χ0) is 20.7. The number of nitrogens with one attached hydrogen (secondary N) is 3. The first kappa shape index (κ1) is 20.8. The smallest absolute Gasteiger partial charge is 0.416 e. The number of hydrazine groups is 1. The van der Waals surface area contributed by atoms with Gasteiger partial charge in [-0.3, -0.25) is 25.2 Å². The lowest BCUT2D eigenvalue weighted by molar-refractivity contribution is -0.137. The van der Waals surface area contributed by atoms with Gasteiger partial charge in [0.2, 0.25) is 0 Å². The van der Waals surface area contributed by atoms with Gasteiger partial charge in [-0.25, -0.2) is 0 Å². The molecule has 150 valence electrons. The van der Waals surface area contributed by atoms with Crippen molar-refractivity contribution in [2.24, 2.45) is 0 Å². The summed E-state index contributed by atoms with van der Waals surface area (Å²) in [5.74, 6) is -2.30. The Morgan fingerprint density at radius 3 is 2.54 bits per heavy atom. The molecule has 0 saturated carbocycles. The van der Waals surface area contributed by atoms with Crippen LogP contribution in [0.1, 0.15) is 23.0 Å². The fourth-order valence-corrected chi connectivity index (χ4v) is 1.93. The second-order valence-corrected chi connectivity index (χ2v) is 5.52. The third-order valence-electron chi connectivity index (χ3n) is 3.34. The molecule has 1 aromatic heterocycles. The zero-order valence-corrected chi connectivity index (χ0v) is 14.5. The molecule has 0 bridgehead atoms. The van der Waals surface area contributed by atoms with E-state index in [9.17, 15) is 27.6 Å². The number of alkyl halides is 3. The summed E-state index contributed by atoms with van der Waals surface area (Å²) in [5, 5.41) is 2.35. The summed E-state index contributed by atoms with van der Waals surface area (Å²) in [4.78, 5) is 35.2. The molecule has 0 unspecified atom stereocenters. The van der Waals surface area contributed by atoms with Crippen LogP contribution < -0.4 is 20.9 Å². The molecule has 11 heteroatoms. The van der Waals surface area contributed by atoms with Crippen molar-refractivity contribution in [3.63, 3.8) is 0 Å². The highest BCUT2D eigenvalue weighted by atomic mass is 19.4. The van der Waals surface area contributed by atoms with E-state index in [4.69, 9.17) is 9.15 Å². The maximum atomic E-state index is 12.6. The average molecular weight is 399 g/mol. The molecule has 8 nitrogen and oxygen atoms in total. The lowest BCUT2D eigenvalue weighted by atomic mass is 10.2. The van der Waals surface area contributed by atoms with Gasteiger partial charge in [0.05, 0.1) is 11.8 Å². The molecule has 0 saturated heterocycles. The van der Waals surface area contributed by atoms with Crippen LogP contribution >= 0.6 is 0 Å². The number of carbonyl (C=O) groups excluding carboxylic acids is 3. The van der Waals surface area contributed by atoms with Gasteiger partial charge in [0.1, 0.15) is 11.8 Å². The molecule has 2 aromatic rings. The van der Waals surface area contributed by atoms with E-state index < -0.39 is 42.1 Å². The lowest BCUT2D eigenvalue weighted by Gasteiger charge is -2.14. The highest BCUT2D eigenvalue weighted by molar-refractivity contribution is 5.95. The van der Waals surface area contributed by atoms with Crippen molar-refractivity contribution in [2.75, 3.05) is 6.61 Å². The summed E-state index contributed by atoms with van der Waals surface area (Å²) in [6, 6.07) is 5.93. The van der Waals surface area contributed by atoms with Crippen molar-refractivity contribution < 1.29 is 36.7 Å². The van der Waals surface area contributed by atoms with Crippen LogP contribution in [0.25, 0.3) is 0 Å². The van der Waals surface area contributed by atoms with Crippen LogP contribution in [0.3, 0.4) is 0 Å². The second kappa shape index (κ2) is 8.93. The Balaban J connectivity index is 1.76. The number of hydrogen-bond acceptors (Lipinski definition) is 5. The molecule has 0 spiro atoms. The summed E-state index contributed by atoms with van der Waals surface area (Å²) in [6.07, 6.45) is -3.24. The highest BCUT2D eigenvalue weighted by Crippen LogP contribution is 2.31. The first-order valence-corrected chi connectivity index (χ1v) is 7.90. The summed E-state index contributed by atoms with van der Waals surface area (Å²) in [6.45, 7) is 0.746. The molecule has 2 rings (SSSR count). The van der Waals surface area contributed by atoms with Gasteiger partial charge in [0.25, 0.3) is 17.7 Å². The number of benzene rings is 1. The molecule has 1 aromatic carbocycles. The number of hydrogen-bond donors (Lipinski definition) is 3. The molecule has 0 aliphatic heterocycles. The Kier molecular flexibility index (Phi) is 6.64. The Bertz CT molecular complexity index is 837. The molecule has 0 aliphatic carbocycles. The quantitative estimate of drug-likeness (QED) is 0.640. The predicted molar refractivity (Wildman–Crippen MR) is 88.9 cm³/mol. The molecule has 28 heavy (non-hydrogen) atoms. The topological polar surface area (TPSA) is 110 Å². The first-order valence-electron chi connectivity index (χ1n) is 7.90. The SMILES string of the molecule is C[C@@H](NC(=O)c1ccco1)C(=O)NNC(=O)COc1cccc(C(F)(F)F)c1. The lowest BCUT2D eigenvalue weighted by Crippen LogP contribution is -2.51. The highest BCUT2D eigenvalue weighted by Gasteiger charge is 2.30. The minimum Gasteiger partial charge on any atom is -0.484 e. The number of amides is 3. The summed E-state index contributed by atoms with van der Waals surface area (Å²) in [5.41, 5.74) is 3.17. The van der Waals surface area contributed by atoms with Crippen molar-refractivity contribution in [3.8, 4) is 5.75 Å². The summed E-state index contributed by atoms with van der Waals surface area (Å²) >= 11 is 0. The molecule has 3 N–H and O–H groups in total. The van der Waals surface area contributed by atoms with Crippen LogP contribution in [0.2, 0.25) is 0 Å². The van der Waals surface area contributed by atoms with Gasteiger partial charge in [-0.05, 0) is 37.3 Å². The fraction of sp³-hybridized carbons (Fsp3) is 0.235. The van der Waals surface area contributed by atoms with Crippen molar-refractivity contribution in [1.82, 2.24) is 16.2 Å². The van der Waals surface area contributed by atoms with Crippen molar-refractivity contribution >= 4 is 17.7 Å². The Labute approximate surface area is 157 Å². The van der Waals surface area contributed by atoms with Crippen LogP contribution in [0.5, 0.6) is 5.75 Å². The number of carbonyl (C=O) groups is 3. The molecule has 1 atom stereocenters. The molecule has 0 aliphatic rings. The average Bonchev–Trinajstić information content (AvgIpc) is 3.18. The van der Waals surface area contributed by atoms with Gasteiger partial charge in [-0.1, -0.05) is 6.07 Å². The van der Waals surface area contributed by atoms with E-state index >= 15 is 0 Å². The van der Waals surface area contributed by atoms with Crippen LogP contribution in [0.4, 0.5) is 13.2 Å². The van der Waals surface area contributed by atoms with E-state index in [2.05, 4.69) is 10.7 Å². The monoisotopic (exact) mass is 399 g/mol. The number of halogens is 3. The van der Waals surface area contributed by atoms with Gasteiger partial charge < -0.3 is 14.5 Å². The number of furan rings is 1. The Morgan fingerprint density at radius 2 is 1.89 bits per heavy atom. The van der Waals surface area contributed by atoms with Gasteiger partial charge in [-0.2, -0.15) is 13.2 Å². The predicted octanol–water partition coefficient (Wildman–Crippen LogP) is 1.64. The van der Waals surface area contributed by atoms with Crippen LogP contribution in [-0.2, 0) is 15.8 Å². The first-order chi connectivity index (χ1) is 13.2. The van der Waals surface area contributed by atoms with Crippen LogP contribution in [-0.4, -0.2) is 30.4 Å².